The summed E-state index contributed by atoms with van der Waals surface area (Å²) in [7, 11) is 0. The highest BCUT2D eigenvalue weighted by Gasteiger charge is 2.39. The fraction of sp³-hybridized carbons (Fsp3) is 0.250. The first-order valence-corrected chi connectivity index (χ1v) is 11.8. The molecule has 0 spiro atoms. The van der Waals surface area contributed by atoms with Crippen LogP contribution >= 0.6 is 0 Å². The third kappa shape index (κ3) is 3.50. The minimum atomic E-state index is -1.30. The van der Waals surface area contributed by atoms with E-state index in [-0.39, 0.29) is 17.5 Å². The van der Waals surface area contributed by atoms with Crippen LogP contribution in [0.3, 0.4) is 0 Å². The van der Waals surface area contributed by atoms with E-state index in [4.69, 9.17) is 5.11 Å². The highest BCUT2D eigenvalue weighted by Crippen LogP contribution is 2.40. The summed E-state index contributed by atoms with van der Waals surface area (Å²) in [4.78, 5) is 34.0. The Morgan fingerprint density at radius 3 is 2.69 bits per heavy atom. The summed E-state index contributed by atoms with van der Waals surface area (Å²) in [6, 6.07) is 10.5. The number of carboxylic acid groups (broad SMARTS) is 1. The van der Waals surface area contributed by atoms with Gasteiger partial charge in [0.1, 0.15) is 11.5 Å². The average molecular weight is 470 g/mol. The van der Waals surface area contributed by atoms with Crippen LogP contribution in [0.1, 0.15) is 51.6 Å². The summed E-state index contributed by atoms with van der Waals surface area (Å²) < 4.78 is 14.3. The number of nitrogens with zero attached hydrogens (tertiary/aromatic N) is 2. The first-order chi connectivity index (χ1) is 16.8. The zero-order valence-corrected chi connectivity index (χ0v) is 19.4. The molecule has 0 saturated heterocycles. The van der Waals surface area contributed by atoms with Gasteiger partial charge in [-0.15, -0.1) is 0 Å². The predicted molar refractivity (Wildman–Crippen MR) is 131 cm³/mol. The van der Waals surface area contributed by atoms with Crippen LogP contribution in [0.2, 0.25) is 0 Å². The number of carboxylic acids is 1. The van der Waals surface area contributed by atoms with Crippen LogP contribution in [0, 0.1) is 18.7 Å². The van der Waals surface area contributed by atoms with Crippen molar-refractivity contribution >= 4 is 22.9 Å². The molecule has 4 aromatic rings. The molecule has 3 heterocycles. The van der Waals surface area contributed by atoms with Crippen molar-refractivity contribution in [3.63, 3.8) is 0 Å². The Hall–Kier alpha value is -4.00. The lowest BCUT2D eigenvalue weighted by molar-refractivity contribution is 0.0685. The highest BCUT2D eigenvalue weighted by atomic mass is 19.1. The Bertz CT molecular complexity index is 1540. The largest absolute Gasteiger partial charge is 0.478 e. The van der Waals surface area contributed by atoms with Gasteiger partial charge in [-0.05, 0) is 79.1 Å². The van der Waals surface area contributed by atoms with Gasteiger partial charge in [0.25, 0.3) is 5.91 Å². The molecule has 0 unspecified atom stereocenters. The van der Waals surface area contributed by atoms with E-state index in [9.17, 15) is 14.0 Å². The second-order valence-corrected chi connectivity index (χ2v) is 9.66. The highest BCUT2D eigenvalue weighted by molar-refractivity contribution is 6.01. The molecule has 1 aliphatic carbocycles. The number of benzene rings is 2. The number of aromatic nitrogens is 2. The normalized spacial score (nSPS) is 16.1. The number of fused-ring (bicyclic) bond motifs is 2. The summed E-state index contributed by atoms with van der Waals surface area (Å²) in [5.74, 6) is -1.34. The maximum absolute atomic E-state index is 14.3. The van der Waals surface area contributed by atoms with Crippen molar-refractivity contribution in [2.24, 2.45) is 5.92 Å². The molecule has 2 aromatic carbocycles. The van der Waals surface area contributed by atoms with Crippen LogP contribution in [-0.4, -0.2) is 37.9 Å². The molecule has 7 heteroatoms. The van der Waals surface area contributed by atoms with Gasteiger partial charge in [0, 0.05) is 47.1 Å². The summed E-state index contributed by atoms with van der Waals surface area (Å²) in [6.07, 6.45) is 5.93. The van der Waals surface area contributed by atoms with E-state index in [1.54, 1.807) is 18.5 Å². The van der Waals surface area contributed by atoms with Crippen molar-refractivity contribution in [1.29, 1.82) is 0 Å². The number of carbonyl (C=O) groups is 2. The van der Waals surface area contributed by atoms with Gasteiger partial charge in [0.2, 0.25) is 0 Å². The van der Waals surface area contributed by atoms with E-state index in [1.165, 1.54) is 25.0 Å². The second-order valence-electron chi connectivity index (χ2n) is 9.66. The third-order valence-corrected chi connectivity index (χ3v) is 7.40. The van der Waals surface area contributed by atoms with Crippen molar-refractivity contribution in [2.75, 3.05) is 0 Å². The summed E-state index contributed by atoms with van der Waals surface area (Å²) in [5.41, 5.74) is 6.28. The molecule has 0 radical (unpaired) electrons. The topological polar surface area (TPSA) is 86.3 Å². The van der Waals surface area contributed by atoms with Crippen molar-refractivity contribution < 1.29 is 19.1 Å². The lowest BCUT2D eigenvalue weighted by Gasteiger charge is -2.24. The Labute approximate surface area is 201 Å². The number of hydrogen-bond acceptors (Lipinski definition) is 3. The third-order valence-electron chi connectivity index (χ3n) is 7.40. The van der Waals surface area contributed by atoms with E-state index in [1.807, 2.05) is 24.0 Å². The smallest absolute Gasteiger partial charge is 0.338 e. The van der Waals surface area contributed by atoms with E-state index in [0.717, 1.165) is 38.8 Å². The van der Waals surface area contributed by atoms with Gasteiger partial charge >= 0.3 is 5.97 Å². The minimum absolute atomic E-state index is 0.122. The molecular weight excluding hydrogens is 445 g/mol. The van der Waals surface area contributed by atoms with Crippen molar-refractivity contribution in [1.82, 2.24) is 14.9 Å². The maximum atomic E-state index is 14.3. The van der Waals surface area contributed by atoms with Crippen molar-refractivity contribution in [2.45, 2.75) is 39.3 Å². The summed E-state index contributed by atoms with van der Waals surface area (Å²) >= 11 is 0. The summed E-state index contributed by atoms with van der Waals surface area (Å²) in [5, 5.41) is 9.93. The zero-order chi connectivity index (χ0) is 24.4. The molecule has 35 heavy (non-hydrogen) atoms. The summed E-state index contributed by atoms with van der Waals surface area (Å²) in [6.45, 7) is 4.75. The number of aromatic carboxylic acids is 1. The fourth-order valence-corrected chi connectivity index (χ4v) is 5.27. The number of pyridine rings is 1. The number of aryl methyl sites for hydroxylation is 1. The van der Waals surface area contributed by atoms with Gasteiger partial charge in [-0.25, -0.2) is 14.2 Å². The molecule has 0 bridgehead atoms. The van der Waals surface area contributed by atoms with Crippen molar-refractivity contribution in [3.8, 4) is 22.3 Å². The van der Waals surface area contributed by atoms with Gasteiger partial charge in [-0.3, -0.25) is 4.79 Å². The Kier molecular flexibility index (Phi) is 4.78. The van der Waals surface area contributed by atoms with E-state index < -0.39 is 11.8 Å². The number of nitrogens with one attached hydrogen (secondary N) is 1. The molecule has 2 aromatic heterocycles. The monoisotopic (exact) mass is 469 g/mol. The zero-order valence-electron chi connectivity index (χ0n) is 19.4. The Balaban J connectivity index is 1.39. The SMILES string of the molecule is Cc1cc(-c2cnc3[nH]cc(-c4ccc(C(=O)O)c(F)c4)c3c2)cc2c1C(=O)N([C@@H](C)C1CC1)C2. The van der Waals surface area contributed by atoms with Crippen LogP contribution in [0.5, 0.6) is 0 Å². The van der Waals surface area contributed by atoms with Crippen LogP contribution in [0.25, 0.3) is 33.3 Å². The van der Waals surface area contributed by atoms with Gasteiger partial charge in [0.05, 0.1) is 5.56 Å². The molecule has 1 aliphatic heterocycles. The molecule has 6 rings (SSSR count). The van der Waals surface area contributed by atoms with Gasteiger partial charge < -0.3 is 15.0 Å². The molecule has 176 valence electrons. The molecule has 2 aliphatic rings. The number of amides is 1. The second kappa shape index (κ2) is 7.77. The quantitative estimate of drug-likeness (QED) is 0.387. The van der Waals surface area contributed by atoms with Gasteiger partial charge in [0.15, 0.2) is 0 Å². The van der Waals surface area contributed by atoms with E-state index >= 15 is 0 Å². The first-order valence-electron chi connectivity index (χ1n) is 11.8. The number of hydrogen-bond donors (Lipinski definition) is 2. The van der Waals surface area contributed by atoms with E-state index in [0.29, 0.717) is 23.7 Å². The molecule has 1 atom stereocenters. The van der Waals surface area contributed by atoms with Gasteiger partial charge in [-0.1, -0.05) is 12.1 Å². The van der Waals surface area contributed by atoms with Gasteiger partial charge in [-0.2, -0.15) is 0 Å². The van der Waals surface area contributed by atoms with Crippen LogP contribution in [0.15, 0.2) is 48.8 Å². The van der Waals surface area contributed by atoms with Crippen LogP contribution < -0.4 is 0 Å². The molecular formula is C28H24FN3O3. The van der Waals surface area contributed by atoms with Crippen molar-refractivity contribution in [3.05, 3.63) is 76.9 Å². The lowest BCUT2D eigenvalue weighted by atomic mass is 9.96. The Morgan fingerprint density at radius 2 is 1.97 bits per heavy atom. The number of halogens is 1. The number of aromatic amines is 1. The molecule has 2 N–H and O–H groups in total. The number of H-pyrrole nitrogens is 1. The standard InChI is InChI=1S/C28H24FN3O3/c1-14-7-18(8-20-13-32(27(33)25(14)20)15(2)16-3-4-16)19-9-22-23(12-31-26(22)30-11-19)17-5-6-21(28(34)35)24(29)10-17/h5-12,15-16H,3-4,13H2,1-2H3,(H,30,31)(H,34,35)/t15-/m0/s1. The fourth-order valence-electron chi connectivity index (χ4n) is 5.27. The lowest BCUT2D eigenvalue weighted by Crippen LogP contribution is -2.34. The van der Waals surface area contributed by atoms with Crippen LogP contribution in [0.4, 0.5) is 4.39 Å². The first kappa shape index (κ1) is 21.5. The van der Waals surface area contributed by atoms with E-state index in [2.05, 4.69) is 23.0 Å². The Morgan fingerprint density at radius 1 is 1.17 bits per heavy atom. The number of carbonyl (C=O) groups excluding carboxylic acids is 1. The van der Waals surface area contributed by atoms with Crippen LogP contribution in [-0.2, 0) is 6.54 Å². The number of rotatable bonds is 5. The molecule has 1 fully saturated rings. The molecule has 1 saturated carbocycles. The molecule has 6 nitrogen and oxygen atoms in total. The average Bonchev–Trinajstić information content (AvgIpc) is 3.51. The molecule has 1 amide bonds. The maximum Gasteiger partial charge on any atom is 0.338 e. The minimum Gasteiger partial charge on any atom is -0.478 e. The predicted octanol–water partition coefficient (Wildman–Crippen LogP) is 5.80.